The number of rotatable bonds is 3. The fourth-order valence-electron chi connectivity index (χ4n) is 2.52. The van der Waals surface area contributed by atoms with Gasteiger partial charge in [0.25, 0.3) is 0 Å². The van der Waals surface area contributed by atoms with E-state index in [1.165, 1.54) is 7.11 Å². The first kappa shape index (κ1) is 15.1. The Balaban J connectivity index is 2.20. The summed E-state index contributed by atoms with van der Waals surface area (Å²) in [6, 6.07) is 4.76. The summed E-state index contributed by atoms with van der Waals surface area (Å²) in [5.41, 5.74) is 0.756. The highest BCUT2D eigenvalue weighted by molar-refractivity contribution is 6.35. The topological polar surface area (TPSA) is 46.6 Å². The van der Waals surface area contributed by atoms with Crippen LogP contribution in [-0.4, -0.2) is 32.0 Å². The van der Waals surface area contributed by atoms with E-state index in [1.54, 1.807) is 25.2 Å². The molecule has 108 valence electrons. The molecule has 1 aliphatic carbocycles. The van der Waals surface area contributed by atoms with Gasteiger partial charge >= 0.3 is 5.97 Å². The monoisotopic (exact) mass is 315 g/mol. The van der Waals surface area contributed by atoms with Crippen LogP contribution in [0.25, 0.3) is 0 Å². The van der Waals surface area contributed by atoms with E-state index in [9.17, 15) is 9.59 Å². The quantitative estimate of drug-likeness (QED) is 0.635. The SMILES string of the molecule is COC(=O)C1CCC(N(C)c2cc(Cl)cc(Cl)c2)C1=O. The first-order valence-corrected chi connectivity index (χ1v) is 7.00. The van der Waals surface area contributed by atoms with Crippen LogP contribution in [0.2, 0.25) is 10.0 Å². The summed E-state index contributed by atoms with van der Waals surface area (Å²) in [5, 5.41) is 1.02. The number of carbonyl (C=O) groups excluding carboxylic acids is 2. The van der Waals surface area contributed by atoms with E-state index in [1.807, 2.05) is 4.90 Å². The number of likely N-dealkylation sites (N-methyl/N-ethyl adjacent to an activating group) is 1. The zero-order valence-corrected chi connectivity index (χ0v) is 12.7. The summed E-state index contributed by atoms with van der Waals surface area (Å²) < 4.78 is 4.66. The number of methoxy groups -OCH3 is 1. The van der Waals surface area contributed by atoms with Crippen molar-refractivity contribution in [1.82, 2.24) is 0 Å². The van der Waals surface area contributed by atoms with Crippen molar-refractivity contribution >= 4 is 40.6 Å². The van der Waals surface area contributed by atoms with Gasteiger partial charge in [0.1, 0.15) is 5.92 Å². The maximum Gasteiger partial charge on any atom is 0.316 e. The van der Waals surface area contributed by atoms with Crippen LogP contribution in [0.1, 0.15) is 12.8 Å². The number of nitrogens with zero attached hydrogens (tertiary/aromatic N) is 1. The maximum absolute atomic E-state index is 12.3. The van der Waals surface area contributed by atoms with Crippen LogP contribution in [0, 0.1) is 5.92 Å². The molecule has 2 atom stereocenters. The molecule has 0 amide bonds. The molecular weight excluding hydrogens is 301 g/mol. The van der Waals surface area contributed by atoms with Crippen molar-refractivity contribution in [3.8, 4) is 0 Å². The molecule has 0 radical (unpaired) electrons. The molecule has 2 rings (SSSR count). The molecule has 1 fully saturated rings. The molecule has 1 aromatic rings. The molecule has 1 saturated carbocycles. The summed E-state index contributed by atoms with van der Waals surface area (Å²) in [7, 11) is 3.09. The van der Waals surface area contributed by atoms with E-state index in [0.29, 0.717) is 22.9 Å². The minimum atomic E-state index is -0.665. The zero-order chi connectivity index (χ0) is 14.9. The molecule has 1 aliphatic rings. The fraction of sp³-hybridized carbons (Fsp3) is 0.429. The Morgan fingerprint density at radius 2 is 1.85 bits per heavy atom. The second-order valence-corrected chi connectivity index (χ2v) is 5.68. The Morgan fingerprint density at radius 1 is 1.25 bits per heavy atom. The van der Waals surface area contributed by atoms with Gasteiger partial charge in [-0.05, 0) is 31.0 Å². The van der Waals surface area contributed by atoms with E-state index in [-0.39, 0.29) is 11.8 Å². The van der Waals surface area contributed by atoms with Gasteiger partial charge in [-0.15, -0.1) is 0 Å². The van der Waals surface area contributed by atoms with Crippen molar-refractivity contribution in [3.05, 3.63) is 28.2 Å². The zero-order valence-electron chi connectivity index (χ0n) is 11.2. The Bertz CT molecular complexity index is 527. The van der Waals surface area contributed by atoms with Gasteiger partial charge in [0.2, 0.25) is 0 Å². The summed E-state index contributed by atoms with van der Waals surface area (Å²) >= 11 is 11.9. The van der Waals surface area contributed by atoms with Crippen LogP contribution in [0.5, 0.6) is 0 Å². The molecule has 0 saturated heterocycles. The highest BCUT2D eigenvalue weighted by atomic mass is 35.5. The van der Waals surface area contributed by atoms with Crippen LogP contribution >= 0.6 is 23.2 Å². The van der Waals surface area contributed by atoms with Crippen LogP contribution < -0.4 is 4.90 Å². The van der Waals surface area contributed by atoms with Gasteiger partial charge < -0.3 is 9.64 Å². The minimum absolute atomic E-state index is 0.115. The number of anilines is 1. The van der Waals surface area contributed by atoms with E-state index >= 15 is 0 Å². The predicted molar refractivity (Wildman–Crippen MR) is 78.4 cm³/mol. The molecule has 2 unspecified atom stereocenters. The molecule has 6 heteroatoms. The number of ketones is 1. The first-order chi connectivity index (χ1) is 9.43. The first-order valence-electron chi connectivity index (χ1n) is 6.24. The molecule has 0 N–H and O–H groups in total. The third-order valence-electron chi connectivity index (χ3n) is 3.61. The van der Waals surface area contributed by atoms with Gasteiger partial charge in [-0.25, -0.2) is 0 Å². The van der Waals surface area contributed by atoms with Crippen LogP contribution in [0.4, 0.5) is 5.69 Å². The maximum atomic E-state index is 12.3. The number of hydrogen-bond acceptors (Lipinski definition) is 4. The van der Waals surface area contributed by atoms with Crippen molar-refractivity contribution in [1.29, 1.82) is 0 Å². The summed E-state index contributed by atoms with van der Waals surface area (Å²) in [5.74, 6) is -1.24. The lowest BCUT2D eigenvalue weighted by atomic mass is 10.1. The van der Waals surface area contributed by atoms with Crippen LogP contribution in [-0.2, 0) is 14.3 Å². The average Bonchev–Trinajstić information content (AvgIpc) is 2.77. The van der Waals surface area contributed by atoms with E-state index in [2.05, 4.69) is 4.74 Å². The van der Waals surface area contributed by atoms with E-state index in [4.69, 9.17) is 23.2 Å². The number of benzene rings is 1. The highest BCUT2D eigenvalue weighted by Crippen LogP contribution is 2.32. The van der Waals surface area contributed by atoms with Crippen molar-refractivity contribution in [2.75, 3.05) is 19.1 Å². The number of hydrogen-bond donors (Lipinski definition) is 0. The Kier molecular flexibility index (Phi) is 4.55. The number of esters is 1. The van der Waals surface area contributed by atoms with E-state index in [0.717, 1.165) is 5.69 Å². The molecule has 20 heavy (non-hydrogen) atoms. The molecule has 4 nitrogen and oxygen atoms in total. The van der Waals surface area contributed by atoms with Gasteiger partial charge in [0.15, 0.2) is 5.78 Å². The third-order valence-corrected chi connectivity index (χ3v) is 4.04. The molecule has 1 aromatic carbocycles. The van der Waals surface area contributed by atoms with E-state index < -0.39 is 11.9 Å². The predicted octanol–water partition coefficient (Wildman–Crippen LogP) is 2.95. The second kappa shape index (κ2) is 6.02. The summed E-state index contributed by atoms with van der Waals surface area (Å²) in [6.07, 6.45) is 1.12. The molecule has 0 aromatic heterocycles. The third kappa shape index (κ3) is 2.91. The highest BCUT2D eigenvalue weighted by Gasteiger charge is 2.41. The fourth-order valence-corrected chi connectivity index (χ4v) is 3.04. The number of carbonyl (C=O) groups is 2. The smallest absolute Gasteiger partial charge is 0.316 e. The molecule has 0 bridgehead atoms. The molecule has 0 aliphatic heterocycles. The largest absolute Gasteiger partial charge is 0.468 e. The van der Waals surface area contributed by atoms with Crippen LogP contribution in [0.3, 0.4) is 0 Å². The van der Waals surface area contributed by atoms with Crippen molar-refractivity contribution in [3.63, 3.8) is 0 Å². The van der Waals surface area contributed by atoms with Gasteiger partial charge in [-0.2, -0.15) is 0 Å². The average molecular weight is 316 g/mol. The lowest BCUT2D eigenvalue weighted by Gasteiger charge is -2.26. The normalized spacial score (nSPS) is 21.9. The molecule has 0 heterocycles. The van der Waals surface area contributed by atoms with Crippen molar-refractivity contribution in [2.24, 2.45) is 5.92 Å². The van der Waals surface area contributed by atoms with Gasteiger partial charge in [-0.1, -0.05) is 23.2 Å². The molecular formula is C14H15Cl2NO3. The lowest BCUT2D eigenvalue weighted by Crippen LogP contribution is -2.38. The lowest BCUT2D eigenvalue weighted by molar-refractivity contribution is -0.148. The molecule has 0 spiro atoms. The van der Waals surface area contributed by atoms with Crippen molar-refractivity contribution in [2.45, 2.75) is 18.9 Å². The van der Waals surface area contributed by atoms with Gasteiger partial charge in [-0.3, -0.25) is 9.59 Å². The van der Waals surface area contributed by atoms with Gasteiger partial charge in [0, 0.05) is 22.8 Å². The Morgan fingerprint density at radius 3 is 2.40 bits per heavy atom. The Hall–Kier alpha value is -1.26. The second-order valence-electron chi connectivity index (χ2n) is 4.81. The summed E-state index contributed by atoms with van der Waals surface area (Å²) in [4.78, 5) is 25.6. The van der Waals surface area contributed by atoms with Crippen molar-refractivity contribution < 1.29 is 14.3 Å². The number of halogens is 2. The van der Waals surface area contributed by atoms with Crippen LogP contribution in [0.15, 0.2) is 18.2 Å². The van der Waals surface area contributed by atoms with Gasteiger partial charge in [0.05, 0.1) is 13.2 Å². The standard InChI is InChI=1S/C14H15Cl2NO3/c1-17(10-6-8(15)5-9(16)7-10)12-4-3-11(13(12)18)14(19)20-2/h5-7,11-12H,3-4H2,1-2H3. The summed E-state index contributed by atoms with van der Waals surface area (Å²) in [6.45, 7) is 0. The minimum Gasteiger partial charge on any atom is -0.468 e. The Labute approximate surface area is 127 Å². The number of Topliss-reactive ketones (excluding diaryl/α,β-unsaturated/α-hetero) is 1. The number of ether oxygens (including phenoxy) is 1.